The highest BCUT2D eigenvalue weighted by Crippen LogP contribution is 2.47. The summed E-state index contributed by atoms with van der Waals surface area (Å²) >= 11 is 5.83. The van der Waals surface area contributed by atoms with Crippen LogP contribution in [0.15, 0.2) is 48.5 Å². The van der Waals surface area contributed by atoms with E-state index in [1.165, 1.54) is 6.92 Å². The van der Waals surface area contributed by atoms with Crippen molar-refractivity contribution in [2.24, 2.45) is 5.41 Å². The molecule has 1 aliphatic rings. The summed E-state index contributed by atoms with van der Waals surface area (Å²) in [5.41, 5.74) is 0.537. The molecule has 1 fully saturated rings. The maximum absolute atomic E-state index is 12.6. The molecule has 1 saturated carbocycles. The summed E-state index contributed by atoms with van der Waals surface area (Å²) in [4.78, 5) is 36.6. The molecule has 0 bridgehead atoms. The van der Waals surface area contributed by atoms with Gasteiger partial charge in [-0.2, -0.15) is 0 Å². The van der Waals surface area contributed by atoms with Gasteiger partial charge < -0.3 is 10.6 Å². The van der Waals surface area contributed by atoms with Crippen molar-refractivity contribution in [3.63, 3.8) is 0 Å². The van der Waals surface area contributed by atoms with Crippen LogP contribution in [-0.4, -0.2) is 17.6 Å². The zero-order valence-electron chi connectivity index (χ0n) is 13.6. The largest absolute Gasteiger partial charge is 0.325 e. The van der Waals surface area contributed by atoms with Gasteiger partial charge in [-0.1, -0.05) is 23.7 Å². The standard InChI is InChI=1S/C19H17ClN2O3/c1-12(23)13-3-2-4-16(11-13)22-18(25)19(9-10-19)17(24)21-15-7-5-14(20)6-8-15/h2-8,11H,9-10H2,1H3,(H,21,24)(H,22,25). The van der Waals surface area contributed by atoms with Crippen molar-refractivity contribution < 1.29 is 14.4 Å². The van der Waals surface area contributed by atoms with Crippen LogP contribution in [0.1, 0.15) is 30.1 Å². The van der Waals surface area contributed by atoms with Crippen molar-refractivity contribution >= 4 is 40.6 Å². The summed E-state index contributed by atoms with van der Waals surface area (Å²) in [5.74, 6) is -0.785. The lowest BCUT2D eigenvalue weighted by molar-refractivity contribution is -0.131. The normalized spacial score (nSPS) is 14.5. The van der Waals surface area contributed by atoms with Gasteiger partial charge in [0.15, 0.2) is 5.78 Å². The van der Waals surface area contributed by atoms with E-state index < -0.39 is 5.41 Å². The fourth-order valence-electron chi connectivity index (χ4n) is 2.53. The molecular formula is C19H17ClN2O3. The molecule has 0 radical (unpaired) electrons. The molecule has 2 N–H and O–H groups in total. The highest BCUT2D eigenvalue weighted by atomic mass is 35.5. The lowest BCUT2D eigenvalue weighted by Gasteiger charge is -2.16. The van der Waals surface area contributed by atoms with Gasteiger partial charge in [0.1, 0.15) is 5.41 Å². The number of ketones is 1. The number of Topliss-reactive ketones (excluding diaryl/α,β-unsaturated/α-hetero) is 1. The van der Waals surface area contributed by atoms with E-state index in [2.05, 4.69) is 10.6 Å². The van der Waals surface area contributed by atoms with Gasteiger partial charge in [0.2, 0.25) is 11.8 Å². The predicted octanol–water partition coefficient (Wildman–Crippen LogP) is 3.90. The summed E-state index contributed by atoms with van der Waals surface area (Å²) < 4.78 is 0. The number of hydrogen-bond acceptors (Lipinski definition) is 3. The SMILES string of the molecule is CC(=O)c1cccc(NC(=O)C2(C(=O)Nc3ccc(Cl)cc3)CC2)c1. The number of hydrogen-bond donors (Lipinski definition) is 2. The summed E-state index contributed by atoms with van der Waals surface area (Å²) in [5, 5.41) is 6.07. The minimum absolute atomic E-state index is 0.0854. The van der Waals surface area contributed by atoms with E-state index in [0.29, 0.717) is 34.8 Å². The number of amides is 2. The molecule has 0 atom stereocenters. The molecule has 3 rings (SSSR count). The Morgan fingerprint density at radius 3 is 2.08 bits per heavy atom. The Balaban J connectivity index is 1.70. The number of carbonyl (C=O) groups is 3. The van der Waals surface area contributed by atoms with E-state index in [1.54, 1.807) is 48.5 Å². The van der Waals surface area contributed by atoms with E-state index >= 15 is 0 Å². The predicted molar refractivity (Wildman–Crippen MR) is 96.8 cm³/mol. The van der Waals surface area contributed by atoms with Crippen molar-refractivity contribution in [1.82, 2.24) is 0 Å². The van der Waals surface area contributed by atoms with E-state index in [0.717, 1.165) is 0 Å². The molecule has 0 spiro atoms. The molecular weight excluding hydrogens is 340 g/mol. The maximum atomic E-state index is 12.6. The molecule has 2 amide bonds. The Kier molecular flexibility index (Phi) is 4.59. The Bertz CT molecular complexity index is 842. The first-order chi connectivity index (χ1) is 11.9. The Hall–Kier alpha value is -2.66. The van der Waals surface area contributed by atoms with Crippen molar-refractivity contribution in [2.75, 3.05) is 10.6 Å². The van der Waals surface area contributed by atoms with Crippen LogP contribution in [0.5, 0.6) is 0 Å². The molecule has 128 valence electrons. The second kappa shape index (κ2) is 6.69. The van der Waals surface area contributed by atoms with Gasteiger partial charge in [0.05, 0.1) is 0 Å². The summed E-state index contributed by atoms with van der Waals surface area (Å²) in [6.45, 7) is 1.46. The number of nitrogens with one attached hydrogen (secondary N) is 2. The molecule has 0 saturated heterocycles. The molecule has 25 heavy (non-hydrogen) atoms. The molecule has 0 unspecified atom stereocenters. The molecule has 2 aromatic carbocycles. The van der Waals surface area contributed by atoms with Crippen molar-refractivity contribution in [2.45, 2.75) is 19.8 Å². The third-order valence-corrected chi connectivity index (χ3v) is 4.50. The highest BCUT2D eigenvalue weighted by Gasteiger charge is 2.56. The summed E-state index contributed by atoms with van der Waals surface area (Å²) in [6, 6.07) is 13.4. The summed E-state index contributed by atoms with van der Waals surface area (Å²) in [6.07, 6.45) is 0.981. The van der Waals surface area contributed by atoms with Crippen LogP contribution in [0.3, 0.4) is 0 Å². The van der Waals surface area contributed by atoms with E-state index in [4.69, 9.17) is 11.6 Å². The second-order valence-electron chi connectivity index (χ2n) is 6.13. The van der Waals surface area contributed by atoms with Crippen molar-refractivity contribution in [1.29, 1.82) is 0 Å². The van der Waals surface area contributed by atoms with Crippen LogP contribution >= 0.6 is 11.6 Å². The number of anilines is 2. The van der Waals surface area contributed by atoms with Crippen LogP contribution in [0.2, 0.25) is 5.02 Å². The van der Waals surface area contributed by atoms with Gasteiger partial charge in [-0.3, -0.25) is 14.4 Å². The van der Waals surface area contributed by atoms with Gasteiger partial charge in [-0.15, -0.1) is 0 Å². The minimum atomic E-state index is -1.06. The van der Waals surface area contributed by atoms with Crippen molar-refractivity contribution in [3.8, 4) is 0 Å². The smallest absolute Gasteiger partial charge is 0.240 e. The van der Waals surface area contributed by atoms with Gasteiger partial charge >= 0.3 is 0 Å². The average Bonchev–Trinajstić information content (AvgIpc) is 3.39. The fraction of sp³-hybridized carbons (Fsp3) is 0.211. The topological polar surface area (TPSA) is 75.3 Å². The number of rotatable bonds is 5. The van der Waals surface area contributed by atoms with Crippen molar-refractivity contribution in [3.05, 3.63) is 59.1 Å². The molecule has 5 nitrogen and oxygen atoms in total. The average molecular weight is 357 g/mol. The van der Waals surface area contributed by atoms with Crippen LogP contribution in [0, 0.1) is 5.41 Å². The van der Waals surface area contributed by atoms with E-state index in [9.17, 15) is 14.4 Å². The molecule has 0 aliphatic heterocycles. The van der Waals surface area contributed by atoms with E-state index in [-0.39, 0.29) is 17.6 Å². The molecule has 2 aromatic rings. The quantitative estimate of drug-likeness (QED) is 0.630. The third-order valence-electron chi connectivity index (χ3n) is 4.25. The fourth-order valence-corrected chi connectivity index (χ4v) is 2.66. The first kappa shape index (κ1) is 17.2. The Morgan fingerprint density at radius 1 is 0.920 bits per heavy atom. The van der Waals surface area contributed by atoms with Gasteiger partial charge in [0.25, 0.3) is 0 Å². The molecule has 0 aromatic heterocycles. The molecule has 0 heterocycles. The molecule has 1 aliphatic carbocycles. The van der Waals surface area contributed by atoms with Crippen LogP contribution in [0.4, 0.5) is 11.4 Å². The van der Waals surface area contributed by atoms with Gasteiger partial charge in [-0.25, -0.2) is 0 Å². The highest BCUT2D eigenvalue weighted by molar-refractivity contribution is 6.30. The monoisotopic (exact) mass is 356 g/mol. The maximum Gasteiger partial charge on any atom is 0.240 e. The first-order valence-electron chi connectivity index (χ1n) is 7.90. The second-order valence-corrected chi connectivity index (χ2v) is 6.57. The van der Waals surface area contributed by atoms with Crippen LogP contribution in [0.25, 0.3) is 0 Å². The van der Waals surface area contributed by atoms with Gasteiger partial charge in [-0.05, 0) is 56.2 Å². The number of halogens is 1. The van der Waals surface area contributed by atoms with Crippen LogP contribution in [-0.2, 0) is 9.59 Å². The zero-order valence-corrected chi connectivity index (χ0v) is 14.4. The molecule has 6 heteroatoms. The summed E-state index contributed by atoms with van der Waals surface area (Å²) in [7, 11) is 0. The third kappa shape index (κ3) is 3.72. The zero-order chi connectivity index (χ0) is 18.0. The number of carbonyl (C=O) groups excluding carboxylic acids is 3. The Morgan fingerprint density at radius 2 is 1.52 bits per heavy atom. The van der Waals surface area contributed by atoms with E-state index in [1.807, 2.05) is 0 Å². The van der Waals surface area contributed by atoms with Gasteiger partial charge in [0, 0.05) is 22.0 Å². The lowest BCUT2D eigenvalue weighted by Crippen LogP contribution is -2.35. The lowest BCUT2D eigenvalue weighted by atomic mass is 10.0. The minimum Gasteiger partial charge on any atom is -0.325 e. The number of benzene rings is 2. The first-order valence-corrected chi connectivity index (χ1v) is 8.28. The Labute approximate surface area is 150 Å². The van der Waals surface area contributed by atoms with Crippen LogP contribution < -0.4 is 10.6 Å².